The zero-order valence-corrected chi connectivity index (χ0v) is 24.0. The number of nitrogens with zero attached hydrogens (tertiary/aromatic N) is 1. The van der Waals surface area contributed by atoms with Gasteiger partial charge in [-0.05, 0) is 92.6 Å². The zero-order chi connectivity index (χ0) is 28.1. The van der Waals surface area contributed by atoms with E-state index in [4.69, 9.17) is 15.2 Å². The van der Waals surface area contributed by atoms with Gasteiger partial charge < -0.3 is 25.8 Å². The van der Waals surface area contributed by atoms with Crippen molar-refractivity contribution in [3.05, 3.63) is 84.1 Å². The molecule has 1 amide bonds. The van der Waals surface area contributed by atoms with Gasteiger partial charge in [-0.25, -0.2) is 4.98 Å². The number of ether oxygens (including phenoxy) is 2. The summed E-state index contributed by atoms with van der Waals surface area (Å²) in [6.07, 6.45) is 4.19. The molecule has 0 spiro atoms. The fourth-order valence-electron chi connectivity index (χ4n) is 4.50. The molecule has 4 aromatic rings. The van der Waals surface area contributed by atoms with E-state index in [0.717, 1.165) is 27.6 Å². The number of benzene rings is 3. The molecule has 40 heavy (non-hydrogen) atoms. The van der Waals surface area contributed by atoms with Gasteiger partial charge in [-0.3, -0.25) is 4.79 Å². The minimum Gasteiger partial charge on any atom is -0.490 e. The molecule has 1 fully saturated rings. The largest absolute Gasteiger partial charge is 0.490 e. The number of hydrogen-bond donors (Lipinski definition) is 3. The number of aromatic nitrogens is 1. The molecule has 1 aliphatic carbocycles. The molecule has 1 saturated carbocycles. The van der Waals surface area contributed by atoms with Crippen molar-refractivity contribution in [2.75, 3.05) is 17.7 Å². The summed E-state index contributed by atoms with van der Waals surface area (Å²) in [6.45, 7) is 6.81. The van der Waals surface area contributed by atoms with Gasteiger partial charge in [-0.2, -0.15) is 0 Å². The maximum atomic E-state index is 13.8. The van der Waals surface area contributed by atoms with E-state index < -0.39 is 6.04 Å². The molecule has 1 aliphatic rings. The monoisotopic (exact) mass is 556 g/mol. The fourth-order valence-corrected chi connectivity index (χ4v) is 5.68. The average molecular weight is 557 g/mol. The Kier molecular flexibility index (Phi) is 8.65. The molecule has 7 nitrogen and oxygen atoms in total. The second-order valence-corrected chi connectivity index (χ2v) is 11.5. The lowest BCUT2D eigenvalue weighted by molar-refractivity contribution is -0.122. The van der Waals surface area contributed by atoms with Crippen LogP contribution < -0.4 is 25.8 Å². The first-order chi connectivity index (χ1) is 19.4. The van der Waals surface area contributed by atoms with Gasteiger partial charge in [0.25, 0.3) is 0 Å². The number of rotatable bonds is 12. The third kappa shape index (κ3) is 6.80. The van der Waals surface area contributed by atoms with Gasteiger partial charge >= 0.3 is 0 Å². The molecule has 0 aliphatic heterocycles. The van der Waals surface area contributed by atoms with Crippen molar-refractivity contribution in [1.82, 2.24) is 10.3 Å². The van der Waals surface area contributed by atoms with Gasteiger partial charge in [-0.15, -0.1) is 11.8 Å². The predicted molar refractivity (Wildman–Crippen MR) is 163 cm³/mol. The maximum Gasteiger partial charge on any atom is 0.247 e. The number of nitrogens with two attached hydrogens (primary N) is 1. The molecule has 1 aromatic heterocycles. The van der Waals surface area contributed by atoms with Crippen LogP contribution in [-0.4, -0.2) is 28.9 Å². The second-order valence-electron chi connectivity index (χ2n) is 10.2. The number of fused-ring (bicyclic) bond motifs is 1. The second kappa shape index (κ2) is 12.5. The van der Waals surface area contributed by atoms with E-state index in [0.29, 0.717) is 35.7 Å². The lowest BCUT2D eigenvalue weighted by Crippen LogP contribution is -2.33. The predicted octanol–water partition coefficient (Wildman–Crippen LogP) is 6.73. The molecular formula is C32H36N4O3S. The molecule has 1 atom stereocenters. The molecule has 208 valence electrons. The van der Waals surface area contributed by atoms with Crippen molar-refractivity contribution in [1.29, 1.82) is 0 Å². The first-order valence-corrected chi connectivity index (χ1v) is 14.7. The highest BCUT2D eigenvalue weighted by Gasteiger charge is 2.25. The van der Waals surface area contributed by atoms with Crippen molar-refractivity contribution in [2.45, 2.75) is 62.4 Å². The van der Waals surface area contributed by atoms with Crippen LogP contribution in [0, 0.1) is 0 Å². The third-order valence-corrected chi connectivity index (χ3v) is 8.03. The molecule has 0 radical (unpaired) electrons. The van der Waals surface area contributed by atoms with Crippen LogP contribution in [-0.2, 0) is 11.3 Å². The van der Waals surface area contributed by atoms with Crippen molar-refractivity contribution in [2.24, 2.45) is 0 Å². The van der Waals surface area contributed by atoms with Gasteiger partial charge in [0.05, 0.1) is 12.7 Å². The van der Waals surface area contributed by atoms with E-state index in [1.807, 2.05) is 81.1 Å². The Morgan fingerprint density at radius 2 is 1.90 bits per heavy atom. The van der Waals surface area contributed by atoms with Crippen LogP contribution in [0.5, 0.6) is 11.5 Å². The smallest absolute Gasteiger partial charge is 0.247 e. The Hall–Kier alpha value is -3.91. The molecule has 0 bridgehead atoms. The van der Waals surface area contributed by atoms with E-state index in [-0.39, 0.29) is 12.0 Å². The summed E-state index contributed by atoms with van der Waals surface area (Å²) < 4.78 is 11.9. The number of carbonyl (C=O) groups is 1. The normalized spacial score (nSPS) is 13.7. The SMILES string of the molecule is CCOc1cc(C(Nc2ccc3c(N)nccc3c2)C(=O)NCc2ccccc2SC2CC2)ccc1OC(C)C. The Morgan fingerprint density at radius 3 is 2.67 bits per heavy atom. The van der Waals surface area contributed by atoms with Crippen LogP contribution in [0.1, 0.15) is 50.8 Å². The summed E-state index contributed by atoms with van der Waals surface area (Å²) in [6, 6.07) is 21.0. The van der Waals surface area contributed by atoms with Crippen LogP contribution >= 0.6 is 11.8 Å². The molecule has 5 rings (SSSR count). The number of carbonyl (C=O) groups excluding carboxylic acids is 1. The summed E-state index contributed by atoms with van der Waals surface area (Å²) in [5, 5.41) is 9.13. The van der Waals surface area contributed by atoms with E-state index in [9.17, 15) is 4.79 Å². The van der Waals surface area contributed by atoms with Gasteiger partial charge in [0.1, 0.15) is 11.9 Å². The molecular weight excluding hydrogens is 520 g/mol. The highest BCUT2D eigenvalue weighted by Crippen LogP contribution is 2.40. The number of amides is 1. The van der Waals surface area contributed by atoms with Crippen LogP contribution in [0.2, 0.25) is 0 Å². The maximum absolute atomic E-state index is 13.8. The summed E-state index contributed by atoms with van der Waals surface area (Å²) in [5.74, 6) is 1.60. The molecule has 8 heteroatoms. The minimum absolute atomic E-state index is 0.00428. The van der Waals surface area contributed by atoms with Gasteiger partial charge in [-0.1, -0.05) is 24.3 Å². The van der Waals surface area contributed by atoms with Crippen molar-refractivity contribution < 1.29 is 14.3 Å². The summed E-state index contributed by atoms with van der Waals surface area (Å²) in [4.78, 5) is 19.2. The number of thioether (sulfide) groups is 1. The zero-order valence-electron chi connectivity index (χ0n) is 23.1. The molecule has 4 N–H and O–H groups in total. The quantitative estimate of drug-likeness (QED) is 0.178. The Bertz CT molecular complexity index is 1490. The Labute approximate surface area is 239 Å². The highest BCUT2D eigenvalue weighted by molar-refractivity contribution is 8.00. The lowest BCUT2D eigenvalue weighted by atomic mass is 10.0. The average Bonchev–Trinajstić information content (AvgIpc) is 3.76. The highest BCUT2D eigenvalue weighted by atomic mass is 32.2. The lowest BCUT2D eigenvalue weighted by Gasteiger charge is -2.23. The van der Waals surface area contributed by atoms with E-state index >= 15 is 0 Å². The Balaban J connectivity index is 1.44. The number of nitrogens with one attached hydrogen (secondary N) is 2. The van der Waals surface area contributed by atoms with Gasteiger partial charge in [0.2, 0.25) is 5.91 Å². The standard InChI is InChI=1S/C32H36N4O3S/c1-4-38-28-18-22(9-14-27(28)39-20(2)3)30(36-24-10-13-26-21(17-24)15-16-34-31(26)33)32(37)35-19-23-7-5-6-8-29(23)40-25-11-12-25/h5-10,13-18,20,25,30,36H,4,11-12,19H2,1-3H3,(H2,33,34)(H,35,37). The van der Waals surface area contributed by atoms with Crippen LogP contribution in [0.25, 0.3) is 10.8 Å². The van der Waals surface area contributed by atoms with E-state index in [1.165, 1.54) is 17.7 Å². The number of nitrogen functional groups attached to an aromatic ring is 1. The summed E-state index contributed by atoms with van der Waals surface area (Å²) >= 11 is 1.90. The van der Waals surface area contributed by atoms with Crippen LogP contribution in [0.4, 0.5) is 11.5 Å². The Morgan fingerprint density at radius 1 is 1.07 bits per heavy atom. The van der Waals surface area contributed by atoms with Crippen molar-refractivity contribution in [3.8, 4) is 11.5 Å². The van der Waals surface area contributed by atoms with E-state index in [1.54, 1.807) is 6.20 Å². The minimum atomic E-state index is -0.674. The molecule has 1 unspecified atom stereocenters. The molecule has 3 aromatic carbocycles. The first-order valence-electron chi connectivity index (χ1n) is 13.8. The number of pyridine rings is 1. The summed E-state index contributed by atoms with van der Waals surface area (Å²) in [7, 11) is 0. The van der Waals surface area contributed by atoms with Gasteiger partial charge in [0, 0.05) is 34.0 Å². The molecule has 1 heterocycles. The topological polar surface area (TPSA) is 98.5 Å². The number of anilines is 2. The van der Waals surface area contributed by atoms with Crippen molar-refractivity contribution >= 4 is 39.9 Å². The number of hydrogen-bond acceptors (Lipinski definition) is 7. The molecule has 0 saturated heterocycles. The van der Waals surface area contributed by atoms with E-state index in [2.05, 4.69) is 33.8 Å². The third-order valence-electron chi connectivity index (χ3n) is 6.58. The fraction of sp³-hybridized carbons (Fsp3) is 0.312. The van der Waals surface area contributed by atoms with Gasteiger partial charge in [0.15, 0.2) is 11.5 Å². The van der Waals surface area contributed by atoms with Crippen LogP contribution in [0.3, 0.4) is 0 Å². The first kappa shape index (κ1) is 27.6. The summed E-state index contributed by atoms with van der Waals surface area (Å²) in [5.41, 5.74) is 8.74. The van der Waals surface area contributed by atoms with Crippen LogP contribution in [0.15, 0.2) is 77.8 Å². The van der Waals surface area contributed by atoms with Crippen molar-refractivity contribution in [3.63, 3.8) is 0 Å².